The van der Waals surface area contributed by atoms with E-state index < -0.39 is 12.0 Å². The van der Waals surface area contributed by atoms with Crippen LogP contribution < -0.4 is 4.90 Å². The fourth-order valence-electron chi connectivity index (χ4n) is 1.51. The first-order chi connectivity index (χ1) is 7.61. The fourth-order valence-corrected chi connectivity index (χ4v) is 2.29. The van der Waals surface area contributed by atoms with E-state index in [0.29, 0.717) is 5.82 Å². The monoisotopic (exact) mass is 236 g/mol. The van der Waals surface area contributed by atoms with Crippen molar-refractivity contribution < 1.29 is 9.90 Å². The molecule has 0 saturated carbocycles. The Labute approximate surface area is 97.1 Å². The first-order valence-electron chi connectivity index (χ1n) is 4.89. The number of carboxylic acids is 1. The van der Waals surface area contributed by atoms with Crippen LogP contribution in [0.25, 0.3) is 10.1 Å². The van der Waals surface area contributed by atoms with Crippen LogP contribution in [-0.4, -0.2) is 29.1 Å². The van der Waals surface area contributed by atoms with Gasteiger partial charge >= 0.3 is 5.97 Å². The second-order valence-corrected chi connectivity index (χ2v) is 4.54. The lowest BCUT2D eigenvalue weighted by Crippen LogP contribution is -2.36. The largest absolute Gasteiger partial charge is 0.480 e. The second-order valence-electron chi connectivity index (χ2n) is 3.59. The third-order valence-electron chi connectivity index (χ3n) is 2.63. The van der Waals surface area contributed by atoms with Gasteiger partial charge in [-0.05, 0) is 24.4 Å². The molecule has 1 atom stereocenters. The molecule has 1 N–H and O–H groups in total. The Morgan fingerprint density at radius 2 is 2.31 bits per heavy atom. The maximum absolute atomic E-state index is 10.9. The number of aromatic nitrogens is 1. The lowest BCUT2D eigenvalue weighted by Gasteiger charge is -2.23. The van der Waals surface area contributed by atoms with Crippen LogP contribution in [0.2, 0.25) is 0 Å². The fraction of sp³-hybridized carbons (Fsp3) is 0.273. The van der Waals surface area contributed by atoms with Crippen molar-refractivity contribution in [1.29, 1.82) is 0 Å². The predicted molar refractivity (Wildman–Crippen MR) is 65.1 cm³/mol. The van der Waals surface area contributed by atoms with Crippen LogP contribution >= 0.6 is 11.3 Å². The van der Waals surface area contributed by atoms with Crippen molar-refractivity contribution in [3.63, 3.8) is 0 Å². The zero-order valence-corrected chi connectivity index (χ0v) is 9.86. The molecule has 0 radical (unpaired) electrons. The van der Waals surface area contributed by atoms with Gasteiger partial charge in [-0.1, -0.05) is 0 Å². The van der Waals surface area contributed by atoms with E-state index in [2.05, 4.69) is 4.98 Å². The van der Waals surface area contributed by atoms with Crippen LogP contribution in [0.15, 0.2) is 23.7 Å². The third-order valence-corrected chi connectivity index (χ3v) is 3.51. The molecule has 0 aliphatic rings. The topological polar surface area (TPSA) is 53.4 Å². The van der Waals surface area contributed by atoms with Gasteiger partial charge in [0.05, 0.1) is 0 Å². The Kier molecular flexibility index (Phi) is 2.78. The molecular weight excluding hydrogens is 224 g/mol. The molecular formula is C11H12N2O2S. The van der Waals surface area contributed by atoms with Crippen molar-refractivity contribution >= 4 is 33.2 Å². The van der Waals surface area contributed by atoms with Gasteiger partial charge in [0.2, 0.25) is 0 Å². The van der Waals surface area contributed by atoms with E-state index in [9.17, 15) is 4.79 Å². The maximum atomic E-state index is 10.9. The molecule has 0 aliphatic carbocycles. The molecule has 0 spiro atoms. The van der Waals surface area contributed by atoms with Crippen molar-refractivity contribution in [2.45, 2.75) is 13.0 Å². The van der Waals surface area contributed by atoms with Crippen LogP contribution in [0.5, 0.6) is 0 Å². The molecule has 2 aromatic heterocycles. The number of carboxylic acid groups (broad SMARTS) is 1. The maximum Gasteiger partial charge on any atom is 0.326 e. The molecule has 2 rings (SSSR count). The highest BCUT2D eigenvalue weighted by atomic mass is 32.1. The Balaban J connectivity index is 2.46. The van der Waals surface area contributed by atoms with Crippen molar-refractivity contribution in [3.05, 3.63) is 23.7 Å². The van der Waals surface area contributed by atoms with Crippen molar-refractivity contribution in [1.82, 2.24) is 4.98 Å². The summed E-state index contributed by atoms with van der Waals surface area (Å²) in [7, 11) is 1.75. The number of hydrogen-bond donors (Lipinski definition) is 1. The zero-order valence-electron chi connectivity index (χ0n) is 9.04. The summed E-state index contributed by atoms with van der Waals surface area (Å²) in [6.07, 6.45) is 1.71. The van der Waals surface area contributed by atoms with E-state index >= 15 is 0 Å². The number of likely N-dealkylation sites (N-methyl/N-ethyl adjacent to an activating group) is 1. The average Bonchev–Trinajstić information content (AvgIpc) is 2.74. The summed E-state index contributed by atoms with van der Waals surface area (Å²) < 4.78 is 1.12. The second kappa shape index (κ2) is 4.09. The molecule has 5 heteroatoms. The molecule has 0 saturated heterocycles. The number of aliphatic carboxylic acids is 1. The summed E-state index contributed by atoms with van der Waals surface area (Å²) in [6.45, 7) is 1.65. The highest BCUT2D eigenvalue weighted by Crippen LogP contribution is 2.28. The molecule has 2 heterocycles. The van der Waals surface area contributed by atoms with Crippen molar-refractivity contribution in [2.24, 2.45) is 0 Å². The van der Waals surface area contributed by atoms with Gasteiger partial charge in [0, 0.05) is 23.3 Å². The van der Waals surface area contributed by atoms with Crippen LogP contribution in [0.4, 0.5) is 5.82 Å². The minimum absolute atomic E-state index is 0.585. The van der Waals surface area contributed by atoms with Crippen LogP contribution in [0.3, 0.4) is 0 Å². The van der Waals surface area contributed by atoms with Gasteiger partial charge in [-0.2, -0.15) is 0 Å². The summed E-state index contributed by atoms with van der Waals surface area (Å²) in [5, 5.41) is 12.0. The SMILES string of the molecule is CC(C(=O)O)N(C)c1nccc2sccc12. The van der Waals surface area contributed by atoms with Gasteiger partial charge in [0.1, 0.15) is 11.9 Å². The van der Waals surface area contributed by atoms with Crippen molar-refractivity contribution in [2.75, 3.05) is 11.9 Å². The van der Waals surface area contributed by atoms with Gasteiger partial charge in [-0.15, -0.1) is 11.3 Å². The van der Waals surface area contributed by atoms with Gasteiger partial charge < -0.3 is 10.0 Å². The van der Waals surface area contributed by atoms with E-state index in [1.54, 1.807) is 36.4 Å². The first kappa shape index (κ1) is 10.9. The summed E-state index contributed by atoms with van der Waals surface area (Å²) in [5.74, 6) is -0.134. The van der Waals surface area contributed by atoms with E-state index in [-0.39, 0.29) is 0 Å². The number of anilines is 1. The Morgan fingerprint density at radius 1 is 1.56 bits per heavy atom. The Morgan fingerprint density at radius 3 is 3.00 bits per heavy atom. The van der Waals surface area contributed by atoms with Crippen molar-refractivity contribution in [3.8, 4) is 0 Å². The van der Waals surface area contributed by atoms with Gasteiger partial charge in [-0.3, -0.25) is 0 Å². The van der Waals surface area contributed by atoms with E-state index in [1.807, 2.05) is 17.5 Å². The summed E-state index contributed by atoms with van der Waals surface area (Å²) >= 11 is 1.62. The molecule has 0 fully saturated rings. The normalized spacial score (nSPS) is 12.6. The van der Waals surface area contributed by atoms with E-state index in [0.717, 1.165) is 10.1 Å². The molecule has 0 aliphatic heterocycles. The molecule has 4 nitrogen and oxygen atoms in total. The molecule has 2 aromatic rings. The quantitative estimate of drug-likeness (QED) is 0.887. The number of fused-ring (bicyclic) bond motifs is 1. The molecule has 1 unspecified atom stereocenters. The minimum Gasteiger partial charge on any atom is -0.480 e. The Hall–Kier alpha value is -1.62. The number of carbonyl (C=O) groups is 1. The number of thiophene rings is 1. The van der Waals surface area contributed by atoms with Crippen LogP contribution in [0.1, 0.15) is 6.92 Å². The van der Waals surface area contributed by atoms with Crippen LogP contribution in [0, 0.1) is 0 Å². The third kappa shape index (κ3) is 1.74. The molecule has 16 heavy (non-hydrogen) atoms. The molecule has 0 aromatic carbocycles. The molecule has 0 amide bonds. The number of hydrogen-bond acceptors (Lipinski definition) is 4. The molecule has 84 valence electrons. The molecule has 0 bridgehead atoms. The highest BCUT2D eigenvalue weighted by molar-refractivity contribution is 7.17. The zero-order chi connectivity index (χ0) is 11.7. The minimum atomic E-state index is -0.850. The lowest BCUT2D eigenvalue weighted by molar-refractivity contribution is -0.138. The summed E-state index contributed by atoms with van der Waals surface area (Å²) in [5.41, 5.74) is 0. The van der Waals surface area contributed by atoms with Gasteiger partial charge in [-0.25, -0.2) is 9.78 Å². The standard InChI is InChI=1S/C11H12N2O2S/c1-7(11(14)15)13(2)10-8-4-6-16-9(8)3-5-12-10/h3-7H,1-2H3,(H,14,15). The number of rotatable bonds is 3. The van der Waals surface area contributed by atoms with Gasteiger partial charge in [0.25, 0.3) is 0 Å². The smallest absolute Gasteiger partial charge is 0.326 e. The summed E-state index contributed by atoms with van der Waals surface area (Å²) in [6, 6.07) is 3.31. The highest BCUT2D eigenvalue weighted by Gasteiger charge is 2.19. The van der Waals surface area contributed by atoms with E-state index in [4.69, 9.17) is 5.11 Å². The summed E-state index contributed by atoms with van der Waals surface area (Å²) in [4.78, 5) is 16.9. The lowest BCUT2D eigenvalue weighted by atomic mass is 10.2. The first-order valence-corrected chi connectivity index (χ1v) is 5.77. The van der Waals surface area contributed by atoms with Crippen LogP contribution in [-0.2, 0) is 4.79 Å². The van der Waals surface area contributed by atoms with Gasteiger partial charge in [0.15, 0.2) is 0 Å². The Bertz CT molecular complexity index is 523. The average molecular weight is 236 g/mol. The number of nitrogens with zero attached hydrogens (tertiary/aromatic N) is 2. The van der Waals surface area contributed by atoms with E-state index in [1.165, 1.54) is 0 Å². The number of pyridine rings is 1. The predicted octanol–water partition coefficient (Wildman–Crippen LogP) is 2.21.